The molecule has 0 atom stereocenters. The maximum absolute atomic E-state index is 14.4. The lowest BCUT2D eigenvalue weighted by atomic mass is 9.98. The van der Waals surface area contributed by atoms with E-state index in [0.29, 0.717) is 16.6 Å². The normalized spacial score (nSPS) is 15.8. The van der Waals surface area contributed by atoms with Gasteiger partial charge < -0.3 is 4.57 Å². The summed E-state index contributed by atoms with van der Waals surface area (Å²) in [5.41, 5.74) is 0.739. The second kappa shape index (κ2) is 4.99. The average Bonchev–Trinajstić information content (AvgIpc) is 2.64. The molecule has 2 heterocycles. The second-order valence-electron chi connectivity index (χ2n) is 5.72. The van der Waals surface area contributed by atoms with E-state index in [1.807, 2.05) is 18.2 Å². The van der Waals surface area contributed by atoms with Gasteiger partial charge in [-0.05, 0) is 23.6 Å². The Kier molecular flexibility index (Phi) is 3.17. The SMILES string of the molecule is O=c1c2cc(Br)ccc2cc2n1CCC(F)(F)c1ccccc1-2. The molecule has 2 nitrogen and oxygen atoms in total. The standard InChI is InChI=1S/C18H12BrF2NO/c19-12-6-5-11-9-16-13-3-1-2-4-15(13)18(20,21)7-8-22(16)17(23)14(11)10-12/h1-6,9-10H,7-8H2. The summed E-state index contributed by atoms with van der Waals surface area (Å²) in [4.78, 5) is 12.8. The van der Waals surface area contributed by atoms with E-state index in [2.05, 4.69) is 15.9 Å². The molecule has 3 aromatic rings. The first-order valence-electron chi connectivity index (χ1n) is 7.28. The number of aromatic nitrogens is 1. The first kappa shape index (κ1) is 14.6. The number of fused-ring (bicyclic) bond motifs is 4. The lowest BCUT2D eigenvalue weighted by Crippen LogP contribution is -2.22. The molecule has 0 saturated carbocycles. The number of hydrogen-bond donors (Lipinski definition) is 0. The Hall–Kier alpha value is -2.01. The third-order valence-corrected chi connectivity index (χ3v) is 4.81. The first-order valence-corrected chi connectivity index (χ1v) is 8.07. The molecule has 1 aromatic heterocycles. The second-order valence-corrected chi connectivity index (χ2v) is 6.63. The van der Waals surface area contributed by atoms with Crippen LogP contribution >= 0.6 is 15.9 Å². The highest BCUT2D eigenvalue weighted by molar-refractivity contribution is 9.10. The Morgan fingerprint density at radius 2 is 1.87 bits per heavy atom. The van der Waals surface area contributed by atoms with Gasteiger partial charge in [-0.2, -0.15) is 0 Å². The van der Waals surface area contributed by atoms with Gasteiger partial charge in [-0.3, -0.25) is 4.79 Å². The minimum atomic E-state index is -2.94. The zero-order chi connectivity index (χ0) is 16.2. The van der Waals surface area contributed by atoms with Crippen LogP contribution in [0.15, 0.2) is 57.8 Å². The molecule has 0 saturated heterocycles. The van der Waals surface area contributed by atoms with E-state index < -0.39 is 5.92 Å². The van der Waals surface area contributed by atoms with Gasteiger partial charge in [0.1, 0.15) is 0 Å². The van der Waals surface area contributed by atoms with Gasteiger partial charge >= 0.3 is 0 Å². The summed E-state index contributed by atoms with van der Waals surface area (Å²) in [5, 5.41) is 1.29. The summed E-state index contributed by atoms with van der Waals surface area (Å²) < 4.78 is 31.1. The summed E-state index contributed by atoms with van der Waals surface area (Å²) in [5.74, 6) is -2.94. The molecular weight excluding hydrogens is 364 g/mol. The molecule has 0 spiro atoms. The Bertz CT molecular complexity index is 994. The highest BCUT2D eigenvalue weighted by Gasteiger charge is 2.37. The van der Waals surface area contributed by atoms with Crippen molar-refractivity contribution in [2.75, 3.05) is 0 Å². The first-order chi connectivity index (χ1) is 11.0. The molecule has 0 unspecified atom stereocenters. The fourth-order valence-corrected chi connectivity index (χ4v) is 3.54. The number of pyridine rings is 1. The van der Waals surface area contributed by atoms with Crippen LogP contribution in [0, 0.1) is 0 Å². The van der Waals surface area contributed by atoms with E-state index in [1.54, 1.807) is 24.3 Å². The van der Waals surface area contributed by atoms with E-state index in [4.69, 9.17) is 0 Å². The predicted molar refractivity (Wildman–Crippen MR) is 89.9 cm³/mol. The third-order valence-electron chi connectivity index (χ3n) is 4.32. The maximum Gasteiger partial charge on any atom is 0.275 e. The van der Waals surface area contributed by atoms with Crippen molar-refractivity contribution in [3.05, 3.63) is 68.9 Å². The fraction of sp³-hybridized carbons (Fsp3) is 0.167. The summed E-state index contributed by atoms with van der Waals surface area (Å²) in [7, 11) is 0. The molecule has 0 aliphatic carbocycles. The summed E-state index contributed by atoms with van der Waals surface area (Å²) in [6, 6.07) is 13.7. The van der Waals surface area contributed by atoms with Crippen LogP contribution in [0.5, 0.6) is 0 Å². The van der Waals surface area contributed by atoms with E-state index >= 15 is 0 Å². The topological polar surface area (TPSA) is 22.0 Å². The molecular formula is C18H12BrF2NO. The highest BCUT2D eigenvalue weighted by Crippen LogP contribution is 2.41. The minimum absolute atomic E-state index is 0.00169. The monoisotopic (exact) mass is 375 g/mol. The Morgan fingerprint density at radius 3 is 2.70 bits per heavy atom. The minimum Gasteiger partial charge on any atom is -0.307 e. The Morgan fingerprint density at radius 1 is 1.09 bits per heavy atom. The van der Waals surface area contributed by atoms with Crippen LogP contribution in [0.4, 0.5) is 8.78 Å². The quantitative estimate of drug-likeness (QED) is 0.546. The summed E-state index contributed by atoms with van der Waals surface area (Å²) >= 11 is 3.35. The van der Waals surface area contributed by atoms with Crippen molar-refractivity contribution < 1.29 is 8.78 Å². The number of halogens is 3. The highest BCUT2D eigenvalue weighted by atomic mass is 79.9. The van der Waals surface area contributed by atoms with Gasteiger partial charge in [-0.1, -0.05) is 46.3 Å². The Labute approximate surface area is 139 Å². The summed E-state index contributed by atoms with van der Waals surface area (Å²) in [6.45, 7) is -0.00169. The van der Waals surface area contributed by atoms with Crippen LogP contribution in [0.3, 0.4) is 0 Å². The van der Waals surface area contributed by atoms with Gasteiger partial charge in [-0.25, -0.2) is 8.78 Å². The molecule has 116 valence electrons. The van der Waals surface area contributed by atoms with Crippen molar-refractivity contribution in [3.63, 3.8) is 0 Å². The van der Waals surface area contributed by atoms with Gasteiger partial charge in [0, 0.05) is 34.0 Å². The largest absolute Gasteiger partial charge is 0.307 e. The molecule has 0 bridgehead atoms. The third kappa shape index (κ3) is 2.22. The van der Waals surface area contributed by atoms with E-state index in [-0.39, 0.29) is 24.1 Å². The van der Waals surface area contributed by atoms with Gasteiger partial charge in [0.25, 0.3) is 11.5 Å². The molecule has 0 radical (unpaired) electrons. The molecule has 23 heavy (non-hydrogen) atoms. The molecule has 1 aliphatic heterocycles. The maximum atomic E-state index is 14.4. The van der Waals surface area contributed by atoms with Crippen molar-refractivity contribution in [2.24, 2.45) is 0 Å². The van der Waals surface area contributed by atoms with Crippen LogP contribution in [-0.2, 0) is 12.5 Å². The van der Waals surface area contributed by atoms with Crippen LogP contribution < -0.4 is 5.56 Å². The average molecular weight is 376 g/mol. The van der Waals surface area contributed by atoms with Gasteiger partial charge in [0.2, 0.25) is 0 Å². The number of rotatable bonds is 0. The van der Waals surface area contributed by atoms with Gasteiger partial charge in [0.05, 0.1) is 5.69 Å². The van der Waals surface area contributed by atoms with Gasteiger partial charge in [-0.15, -0.1) is 0 Å². The molecule has 0 fully saturated rings. The number of nitrogens with zero attached hydrogens (tertiary/aromatic N) is 1. The summed E-state index contributed by atoms with van der Waals surface area (Å²) in [6.07, 6.45) is -0.379. The Balaban J connectivity index is 2.12. The molecule has 4 rings (SSSR count). The smallest absolute Gasteiger partial charge is 0.275 e. The lowest BCUT2D eigenvalue weighted by molar-refractivity contribution is -0.0153. The van der Waals surface area contributed by atoms with Crippen LogP contribution in [0.1, 0.15) is 12.0 Å². The number of benzene rings is 2. The van der Waals surface area contributed by atoms with Crippen LogP contribution in [-0.4, -0.2) is 4.57 Å². The van der Waals surface area contributed by atoms with Crippen molar-refractivity contribution in [1.82, 2.24) is 4.57 Å². The predicted octanol–water partition coefficient (Wildman–Crippen LogP) is 4.93. The van der Waals surface area contributed by atoms with Gasteiger partial charge in [0.15, 0.2) is 0 Å². The van der Waals surface area contributed by atoms with E-state index in [0.717, 1.165) is 9.86 Å². The van der Waals surface area contributed by atoms with Crippen LogP contribution in [0.2, 0.25) is 0 Å². The fourth-order valence-electron chi connectivity index (χ4n) is 3.18. The van der Waals surface area contributed by atoms with Crippen molar-refractivity contribution in [2.45, 2.75) is 18.9 Å². The number of alkyl halides is 2. The zero-order valence-electron chi connectivity index (χ0n) is 12.0. The zero-order valence-corrected chi connectivity index (χ0v) is 13.6. The van der Waals surface area contributed by atoms with Crippen molar-refractivity contribution in [3.8, 4) is 11.3 Å². The van der Waals surface area contributed by atoms with Crippen LogP contribution in [0.25, 0.3) is 22.0 Å². The molecule has 1 aliphatic rings. The molecule has 0 amide bonds. The molecule has 0 N–H and O–H groups in total. The number of hydrogen-bond acceptors (Lipinski definition) is 1. The molecule has 5 heteroatoms. The van der Waals surface area contributed by atoms with Crippen molar-refractivity contribution in [1.29, 1.82) is 0 Å². The van der Waals surface area contributed by atoms with Crippen molar-refractivity contribution >= 4 is 26.7 Å². The van der Waals surface area contributed by atoms with E-state index in [9.17, 15) is 13.6 Å². The lowest BCUT2D eigenvalue weighted by Gasteiger charge is -2.16. The van der Waals surface area contributed by atoms with E-state index in [1.165, 1.54) is 10.6 Å². The molecule has 2 aromatic carbocycles.